The first-order valence-corrected chi connectivity index (χ1v) is 16.1. The van der Waals surface area contributed by atoms with E-state index >= 15 is 0 Å². The van der Waals surface area contributed by atoms with Gasteiger partial charge in [-0.15, -0.1) is 0 Å². The zero-order valence-electron chi connectivity index (χ0n) is 25.8. The van der Waals surface area contributed by atoms with Crippen LogP contribution in [0.5, 0.6) is 11.5 Å². The first-order valence-electron chi connectivity index (χ1n) is 16.1. The van der Waals surface area contributed by atoms with Gasteiger partial charge in [-0.25, -0.2) is 4.98 Å². The monoisotopic (exact) mass is 620 g/mol. The minimum Gasteiger partial charge on any atom is -0.457 e. The summed E-state index contributed by atoms with van der Waals surface area (Å²) in [6.07, 6.45) is 1.83. The van der Waals surface area contributed by atoms with E-state index in [-0.39, 0.29) is 0 Å². The van der Waals surface area contributed by atoms with E-state index in [2.05, 4.69) is 136 Å². The number of hydrogen-bond donors (Lipinski definition) is 0. The van der Waals surface area contributed by atoms with Crippen LogP contribution >= 0.6 is 0 Å². The Balaban J connectivity index is 1.08. The Kier molecular flexibility index (Phi) is 5.84. The van der Waals surface area contributed by atoms with Gasteiger partial charge in [-0.2, -0.15) is 0 Å². The van der Waals surface area contributed by atoms with Crippen LogP contribution in [0.4, 0.5) is 22.7 Å². The fourth-order valence-corrected chi connectivity index (χ4v) is 7.16. The molecule has 6 heteroatoms. The van der Waals surface area contributed by atoms with Crippen molar-refractivity contribution in [3.8, 4) is 17.3 Å². The van der Waals surface area contributed by atoms with Crippen LogP contribution in [0.2, 0.25) is 0 Å². The number of fused-ring (bicyclic) bond motifs is 8. The normalized spacial score (nSPS) is 12.8. The Bertz CT molecular complexity index is 2640. The van der Waals surface area contributed by atoms with Crippen molar-refractivity contribution < 1.29 is 9.15 Å². The van der Waals surface area contributed by atoms with E-state index < -0.39 is 0 Å². The van der Waals surface area contributed by atoms with Gasteiger partial charge in [-0.1, -0.05) is 72.8 Å². The number of hydrogen-bond acceptors (Lipinski definition) is 5. The second-order valence-electron chi connectivity index (χ2n) is 12.1. The van der Waals surface area contributed by atoms with Gasteiger partial charge in [-0.3, -0.25) is 4.57 Å². The van der Waals surface area contributed by atoms with Crippen LogP contribution in [0.25, 0.3) is 49.6 Å². The molecule has 0 saturated heterocycles. The molecule has 6 aromatic carbocycles. The predicted octanol–water partition coefficient (Wildman–Crippen LogP) is 11.1. The minimum atomic E-state index is 0.706. The van der Waals surface area contributed by atoms with Crippen LogP contribution in [0.3, 0.4) is 0 Å². The van der Waals surface area contributed by atoms with E-state index in [1.54, 1.807) is 0 Å². The molecule has 10 rings (SSSR count). The lowest BCUT2D eigenvalue weighted by atomic mass is 10.1. The van der Waals surface area contributed by atoms with Crippen LogP contribution in [-0.2, 0) is 0 Å². The molecular weight excluding hydrogens is 592 g/mol. The quantitative estimate of drug-likeness (QED) is 0.192. The molecule has 1 aliphatic heterocycles. The van der Waals surface area contributed by atoms with Crippen molar-refractivity contribution in [3.63, 3.8) is 0 Å². The third kappa shape index (κ3) is 4.09. The lowest BCUT2D eigenvalue weighted by molar-refractivity contribution is 0.483. The van der Waals surface area contributed by atoms with Crippen LogP contribution in [0.1, 0.15) is 0 Å². The standard InChI is InChI=1S/C42H28N4O2/c1-2-12-29(13-3-1)44-27-45(36-18-7-6-17-35(36)44)30-14-10-15-31(25-30)47-32-21-22-34-37(26-32)46(39-19-8-9-24-43-39)41-40-33-16-5-4-11-28(33)20-23-38(40)48-42(34)41/h1-26H,27H2. The molecule has 4 heterocycles. The van der Waals surface area contributed by atoms with Crippen molar-refractivity contribution in [1.82, 2.24) is 9.55 Å². The number of anilines is 4. The Morgan fingerprint density at radius 1 is 0.583 bits per heavy atom. The highest BCUT2D eigenvalue weighted by Gasteiger charge is 2.28. The number of furan rings is 1. The molecule has 1 aliphatic rings. The first kappa shape index (κ1) is 26.7. The molecule has 9 aromatic rings. The number of aromatic nitrogens is 2. The second kappa shape index (κ2) is 10.5. The van der Waals surface area contributed by atoms with Gasteiger partial charge >= 0.3 is 0 Å². The van der Waals surface area contributed by atoms with E-state index in [1.165, 1.54) is 11.1 Å². The number of rotatable bonds is 5. The molecule has 0 aliphatic carbocycles. The van der Waals surface area contributed by atoms with Gasteiger partial charge in [0.15, 0.2) is 5.58 Å². The molecule has 3 aromatic heterocycles. The minimum absolute atomic E-state index is 0.706. The zero-order chi connectivity index (χ0) is 31.6. The summed E-state index contributed by atoms with van der Waals surface area (Å²) in [5.41, 5.74) is 8.24. The summed E-state index contributed by atoms with van der Waals surface area (Å²) < 4.78 is 15.4. The van der Waals surface area contributed by atoms with Gasteiger partial charge in [0.2, 0.25) is 0 Å². The third-order valence-electron chi connectivity index (χ3n) is 9.29. The Hall–Kier alpha value is -6.53. The van der Waals surface area contributed by atoms with Crippen molar-refractivity contribution in [3.05, 3.63) is 158 Å². The number of ether oxygens (including phenoxy) is 1. The molecule has 48 heavy (non-hydrogen) atoms. The van der Waals surface area contributed by atoms with Crippen molar-refractivity contribution in [2.24, 2.45) is 0 Å². The fraction of sp³-hybridized carbons (Fsp3) is 0.0238. The maximum atomic E-state index is 6.60. The molecule has 0 atom stereocenters. The second-order valence-corrected chi connectivity index (χ2v) is 12.1. The lowest BCUT2D eigenvalue weighted by Crippen LogP contribution is -2.23. The molecular formula is C42H28N4O2. The highest BCUT2D eigenvalue weighted by Crippen LogP contribution is 2.45. The van der Waals surface area contributed by atoms with Gasteiger partial charge in [0.25, 0.3) is 0 Å². The lowest BCUT2D eigenvalue weighted by Gasteiger charge is -2.22. The van der Waals surface area contributed by atoms with E-state index in [0.29, 0.717) is 6.67 Å². The topological polar surface area (TPSA) is 46.7 Å². The summed E-state index contributed by atoms with van der Waals surface area (Å²) in [5.74, 6) is 2.32. The summed E-state index contributed by atoms with van der Waals surface area (Å²) in [5, 5.41) is 4.40. The molecule has 0 fully saturated rings. The molecule has 0 saturated carbocycles. The molecule has 0 radical (unpaired) electrons. The fourth-order valence-electron chi connectivity index (χ4n) is 7.16. The summed E-state index contributed by atoms with van der Waals surface area (Å²) in [4.78, 5) is 9.44. The molecule has 0 N–H and O–H groups in total. The van der Waals surface area contributed by atoms with Crippen LogP contribution in [0.15, 0.2) is 162 Å². The summed E-state index contributed by atoms with van der Waals surface area (Å²) >= 11 is 0. The number of nitrogens with zero attached hydrogens (tertiary/aromatic N) is 4. The highest BCUT2D eigenvalue weighted by molar-refractivity contribution is 6.23. The largest absolute Gasteiger partial charge is 0.457 e. The Morgan fingerprint density at radius 3 is 2.19 bits per heavy atom. The average molecular weight is 621 g/mol. The first-order chi connectivity index (χ1) is 23.8. The molecule has 0 spiro atoms. The Morgan fingerprint density at radius 2 is 1.33 bits per heavy atom. The van der Waals surface area contributed by atoms with Gasteiger partial charge in [0, 0.05) is 35.1 Å². The molecule has 0 amide bonds. The maximum absolute atomic E-state index is 6.60. The van der Waals surface area contributed by atoms with Crippen molar-refractivity contribution in [1.29, 1.82) is 0 Å². The Labute approximate surface area is 276 Å². The van der Waals surface area contributed by atoms with Gasteiger partial charge < -0.3 is 19.0 Å². The van der Waals surface area contributed by atoms with Gasteiger partial charge in [0.05, 0.1) is 22.3 Å². The molecule has 6 nitrogen and oxygen atoms in total. The van der Waals surface area contributed by atoms with Crippen LogP contribution in [0, 0.1) is 0 Å². The average Bonchev–Trinajstić information content (AvgIpc) is 3.81. The molecule has 228 valence electrons. The van der Waals surface area contributed by atoms with E-state index in [9.17, 15) is 0 Å². The SMILES string of the molecule is c1ccc(N2CN(c3cccc(Oc4ccc5c6oc7ccc8ccccc8c7c6n(-c6ccccn6)c5c4)c3)c3ccccc32)cc1. The summed E-state index contributed by atoms with van der Waals surface area (Å²) in [6.45, 7) is 0.706. The number of benzene rings is 6. The van der Waals surface area contributed by atoms with E-state index in [0.717, 1.165) is 72.7 Å². The maximum Gasteiger partial charge on any atom is 0.161 e. The summed E-state index contributed by atoms with van der Waals surface area (Å²) in [7, 11) is 0. The van der Waals surface area contributed by atoms with Crippen LogP contribution < -0.4 is 14.5 Å². The number of para-hydroxylation sites is 3. The highest BCUT2D eigenvalue weighted by atomic mass is 16.5. The van der Waals surface area contributed by atoms with Gasteiger partial charge in [-0.05, 0) is 77.5 Å². The smallest absolute Gasteiger partial charge is 0.161 e. The molecule has 0 bridgehead atoms. The zero-order valence-corrected chi connectivity index (χ0v) is 25.8. The predicted molar refractivity (Wildman–Crippen MR) is 194 cm³/mol. The molecule has 0 unspecified atom stereocenters. The number of pyridine rings is 1. The van der Waals surface area contributed by atoms with Gasteiger partial charge in [0.1, 0.15) is 35.1 Å². The third-order valence-corrected chi connectivity index (χ3v) is 9.29. The summed E-state index contributed by atoms with van der Waals surface area (Å²) in [6, 6.07) is 52.2. The van der Waals surface area contributed by atoms with E-state index in [1.807, 2.05) is 36.5 Å². The van der Waals surface area contributed by atoms with Crippen molar-refractivity contribution in [2.75, 3.05) is 16.5 Å². The van der Waals surface area contributed by atoms with E-state index in [4.69, 9.17) is 14.1 Å². The van der Waals surface area contributed by atoms with Crippen molar-refractivity contribution >= 4 is 66.5 Å². The van der Waals surface area contributed by atoms with Crippen molar-refractivity contribution in [2.45, 2.75) is 0 Å². The van der Waals surface area contributed by atoms with Crippen LogP contribution in [-0.4, -0.2) is 16.2 Å².